The normalized spacial score (nSPS) is 12.9. The van der Waals surface area contributed by atoms with Gasteiger partial charge in [-0.05, 0) is 31.9 Å². The molecule has 0 aromatic carbocycles. The van der Waals surface area contributed by atoms with Gasteiger partial charge in [0.25, 0.3) is 0 Å². The minimum absolute atomic E-state index is 0.550. The Kier molecular flexibility index (Phi) is 3.64. The maximum Gasteiger partial charge on any atom is 0.108 e. The maximum absolute atomic E-state index is 10.3. The Labute approximate surface area is 106 Å². The molecule has 0 bridgehead atoms. The van der Waals surface area contributed by atoms with Gasteiger partial charge in [-0.3, -0.25) is 4.68 Å². The summed E-state index contributed by atoms with van der Waals surface area (Å²) >= 11 is 1.72. The quantitative estimate of drug-likeness (QED) is 0.905. The molecule has 2 aromatic heterocycles. The molecule has 2 heterocycles. The largest absolute Gasteiger partial charge is 0.383 e. The van der Waals surface area contributed by atoms with Crippen molar-refractivity contribution in [2.75, 3.05) is 0 Å². The molecule has 0 aliphatic rings. The number of nitrogens with zero attached hydrogens (tertiary/aromatic N) is 2. The highest BCUT2D eigenvalue weighted by molar-refractivity contribution is 7.12. The molecule has 0 saturated carbocycles. The maximum atomic E-state index is 10.3. The molecule has 1 atom stereocenters. The lowest BCUT2D eigenvalue weighted by Crippen LogP contribution is -1.99. The SMILES string of the molecule is CCCn1cc(C(O)c2cc(C)sc2C)cn1. The van der Waals surface area contributed by atoms with Crippen LogP contribution in [0.2, 0.25) is 0 Å². The van der Waals surface area contributed by atoms with Crippen LogP contribution in [0.1, 0.15) is 40.3 Å². The van der Waals surface area contributed by atoms with Crippen molar-refractivity contribution in [2.45, 2.75) is 39.8 Å². The number of rotatable bonds is 4. The first-order valence-electron chi connectivity index (χ1n) is 5.89. The molecule has 2 aromatic rings. The third kappa shape index (κ3) is 2.58. The highest BCUT2D eigenvalue weighted by Crippen LogP contribution is 2.30. The van der Waals surface area contributed by atoms with Crippen LogP contribution in [0.5, 0.6) is 0 Å². The highest BCUT2D eigenvalue weighted by Gasteiger charge is 2.16. The second-order valence-corrected chi connectivity index (χ2v) is 5.77. The van der Waals surface area contributed by atoms with Gasteiger partial charge in [-0.25, -0.2) is 0 Å². The van der Waals surface area contributed by atoms with Gasteiger partial charge in [-0.2, -0.15) is 5.10 Å². The van der Waals surface area contributed by atoms with Crippen LogP contribution < -0.4 is 0 Å². The molecule has 0 amide bonds. The lowest BCUT2D eigenvalue weighted by atomic mass is 10.1. The minimum Gasteiger partial charge on any atom is -0.383 e. The zero-order valence-electron chi connectivity index (χ0n) is 10.5. The van der Waals surface area contributed by atoms with Crippen molar-refractivity contribution < 1.29 is 5.11 Å². The third-order valence-electron chi connectivity index (χ3n) is 2.80. The Bertz CT molecular complexity index is 501. The summed E-state index contributed by atoms with van der Waals surface area (Å²) in [4.78, 5) is 2.41. The van der Waals surface area contributed by atoms with Crippen molar-refractivity contribution in [1.82, 2.24) is 9.78 Å². The second-order valence-electron chi connectivity index (χ2n) is 4.31. The predicted octanol–water partition coefficient (Wildman–Crippen LogP) is 3.05. The predicted molar refractivity (Wildman–Crippen MR) is 70.4 cm³/mol. The van der Waals surface area contributed by atoms with Gasteiger partial charge in [0, 0.05) is 28.1 Å². The van der Waals surface area contributed by atoms with Crippen molar-refractivity contribution in [3.63, 3.8) is 0 Å². The molecular weight excluding hydrogens is 232 g/mol. The van der Waals surface area contributed by atoms with Gasteiger partial charge in [0.1, 0.15) is 6.10 Å². The molecule has 4 heteroatoms. The molecule has 92 valence electrons. The molecule has 1 N–H and O–H groups in total. The van der Waals surface area contributed by atoms with Gasteiger partial charge in [0.05, 0.1) is 6.20 Å². The van der Waals surface area contributed by atoms with E-state index in [0.29, 0.717) is 0 Å². The first-order chi connectivity index (χ1) is 8.11. The molecule has 1 unspecified atom stereocenters. The standard InChI is InChI=1S/C13H18N2OS/c1-4-5-15-8-11(7-14-15)13(16)12-6-9(2)17-10(12)3/h6-8,13,16H,4-5H2,1-3H3. The molecule has 0 aliphatic heterocycles. The average molecular weight is 250 g/mol. The second kappa shape index (κ2) is 5.02. The van der Waals surface area contributed by atoms with E-state index in [0.717, 1.165) is 24.1 Å². The van der Waals surface area contributed by atoms with Crippen molar-refractivity contribution in [1.29, 1.82) is 0 Å². The number of thiophene rings is 1. The molecule has 0 spiro atoms. The monoisotopic (exact) mass is 250 g/mol. The van der Waals surface area contributed by atoms with Crippen molar-refractivity contribution >= 4 is 11.3 Å². The van der Waals surface area contributed by atoms with Crippen molar-refractivity contribution in [2.24, 2.45) is 0 Å². The average Bonchev–Trinajstić information content (AvgIpc) is 2.85. The van der Waals surface area contributed by atoms with E-state index in [-0.39, 0.29) is 0 Å². The van der Waals surface area contributed by atoms with Crippen LogP contribution in [0.4, 0.5) is 0 Å². The molecule has 2 rings (SSSR count). The Morgan fingerprint density at radius 3 is 2.82 bits per heavy atom. The van der Waals surface area contributed by atoms with E-state index in [4.69, 9.17) is 0 Å². The zero-order valence-corrected chi connectivity index (χ0v) is 11.3. The first-order valence-corrected chi connectivity index (χ1v) is 6.70. The van der Waals surface area contributed by atoms with Crippen molar-refractivity contribution in [3.05, 3.63) is 39.3 Å². The fraction of sp³-hybridized carbons (Fsp3) is 0.462. The Balaban J connectivity index is 2.24. The number of aliphatic hydroxyl groups is 1. The molecule has 0 radical (unpaired) electrons. The number of hydrogen-bond donors (Lipinski definition) is 1. The third-order valence-corrected chi connectivity index (χ3v) is 3.78. The molecule has 17 heavy (non-hydrogen) atoms. The van der Waals surface area contributed by atoms with Gasteiger partial charge < -0.3 is 5.11 Å². The molecular formula is C13H18N2OS. The van der Waals surface area contributed by atoms with Gasteiger partial charge in [0.2, 0.25) is 0 Å². The summed E-state index contributed by atoms with van der Waals surface area (Å²) in [6, 6.07) is 2.06. The van der Waals surface area contributed by atoms with E-state index >= 15 is 0 Å². The Hall–Kier alpha value is -1.13. The van der Waals surface area contributed by atoms with Crippen LogP contribution >= 0.6 is 11.3 Å². The molecule has 0 saturated heterocycles. The van der Waals surface area contributed by atoms with Crippen molar-refractivity contribution in [3.8, 4) is 0 Å². The smallest absolute Gasteiger partial charge is 0.108 e. The van der Waals surface area contributed by atoms with Gasteiger partial charge in [-0.1, -0.05) is 6.92 Å². The van der Waals surface area contributed by atoms with E-state index in [1.54, 1.807) is 17.5 Å². The van der Waals surface area contributed by atoms with Gasteiger partial charge in [-0.15, -0.1) is 11.3 Å². The summed E-state index contributed by atoms with van der Waals surface area (Å²) in [6.45, 7) is 7.12. The summed E-state index contributed by atoms with van der Waals surface area (Å²) in [6.07, 6.45) is 4.19. The van der Waals surface area contributed by atoms with Crippen LogP contribution in [0.15, 0.2) is 18.5 Å². The molecule has 0 fully saturated rings. The van der Waals surface area contributed by atoms with Crippen LogP contribution in [-0.4, -0.2) is 14.9 Å². The van der Waals surface area contributed by atoms with E-state index in [2.05, 4.69) is 25.0 Å². The lowest BCUT2D eigenvalue weighted by Gasteiger charge is -2.07. The lowest BCUT2D eigenvalue weighted by molar-refractivity contribution is 0.220. The van der Waals surface area contributed by atoms with E-state index in [1.807, 2.05) is 17.8 Å². The van der Waals surface area contributed by atoms with Gasteiger partial charge >= 0.3 is 0 Å². The van der Waals surface area contributed by atoms with Crippen LogP contribution in [0.3, 0.4) is 0 Å². The minimum atomic E-state index is -0.550. The summed E-state index contributed by atoms with van der Waals surface area (Å²) in [5, 5.41) is 14.6. The van der Waals surface area contributed by atoms with E-state index < -0.39 is 6.10 Å². The summed E-state index contributed by atoms with van der Waals surface area (Å²) in [5.41, 5.74) is 1.88. The molecule has 0 aliphatic carbocycles. The number of aromatic nitrogens is 2. The summed E-state index contributed by atoms with van der Waals surface area (Å²) in [5.74, 6) is 0. The summed E-state index contributed by atoms with van der Waals surface area (Å²) < 4.78 is 1.88. The Morgan fingerprint density at radius 1 is 1.47 bits per heavy atom. The summed E-state index contributed by atoms with van der Waals surface area (Å²) in [7, 11) is 0. The zero-order chi connectivity index (χ0) is 12.4. The van der Waals surface area contributed by atoms with E-state index in [1.165, 1.54) is 9.75 Å². The number of aliphatic hydroxyl groups excluding tert-OH is 1. The number of aryl methyl sites for hydroxylation is 3. The Morgan fingerprint density at radius 2 is 2.24 bits per heavy atom. The topological polar surface area (TPSA) is 38.0 Å². The first kappa shape index (κ1) is 12.3. The highest BCUT2D eigenvalue weighted by atomic mass is 32.1. The van der Waals surface area contributed by atoms with Crippen LogP contribution in [-0.2, 0) is 6.54 Å². The fourth-order valence-corrected chi connectivity index (χ4v) is 2.93. The van der Waals surface area contributed by atoms with Crippen LogP contribution in [0, 0.1) is 13.8 Å². The number of hydrogen-bond acceptors (Lipinski definition) is 3. The van der Waals surface area contributed by atoms with E-state index in [9.17, 15) is 5.11 Å². The van der Waals surface area contributed by atoms with Gasteiger partial charge in [0.15, 0.2) is 0 Å². The van der Waals surface area contributed by atoms with Crippen LogP contribution in [0.25, 0.3) is 0 Å². The fourth-order valence-electron chi connectivity index (χ4n) is 1.97. The molecule has 3 nitrogen and oxygen atoms in total.